The number of hydrogen-bond donors (Lipinski definition) is 0. The van der Waals surface area contributed by atoms with Crippen LogP contribution in [0, 0.1) is 5.21 Å². The van der Waals surface area contributed by atoms with E-state index < -0.39 is 0 Å². The lowest BCUT2D eigenvalue weighted by molar-refractivity contribution is 0.0892. The lowest BCUT2D eigenvalue weighted by Crippen LogP contribution is -2.45. The predicted molar refractivity (Wildman–Crippen MR) is 40.5 cm³/mol. The van der Waals surface area contributed by atoms with Gasteiger partial charge in [0.2, 0.25) is 0 Å². The van der Waals surface area contributed by atoms with Crippen LogP contribution in [0.2, 0.25) is 0 Å². The Morgan fingerprint density at radius 1 is 0.900 bits per heavy atom. The van der Waals surface area contributed by atoms with Crippen molar-refractivity contribution in [3.63, 3.8) is 0 Å². The molecule has 2 nitrogen and oxygen atoms in total. The molecule has 0 radical (unpaired) electrons. The molecular formula is C8H14NO-. The van der Waals surface area contributed by atoms with Gasteiger partial charge in [0.25, 0.3) is 0 Å². The minimum Gasteiger partial charge on any atom is -0.785 e. The average molecular weight is 140 g/mol. The highest BCUT2D eigenvalue weighted by Crippen LogP contribution is 2.32. The summed E-state index contributed by atoms with van der Waals surface area (Å²) in [6.45, 7) is 0. The predicted octanol–water partition coefficient (Wildman–Crippen LogP) is 1.89. The van der Waals surface area contributed by atoms with E-state index in [0.717, 1.165) is 25.7 Å². The van der Waals surface area contributed by atoms with Crippen molar-refractivity contribution in [1.82, 2.24) is 5.06 Å². The van der Waals surface area contributed by atoms with Crippen LogP contribution in [0.4, 0.5) is 0 Å². The number of hydrogen-bond acceptors (Lipinski definition) is 2. The number of rotatable bonds is 0. The summed E-state index contributed by atoms with van der Waals surface area (Å²) in [6.07, 6.45) is 7.18. The number of piperidine rings is 2. The largest absolute Gasteiger partial charge is 0.785 e. The molecule has 0 atom stereocenters. The first kappa shape index (κ1) is 6.62. The van der Waals surface area contributed by atoms with E-state index in [9.17, 15) is 5.21 Å². The van der Waals surface area contributed by atoms with E-state index >= 15 is 0 Å². The second-order valence-corrected chi connectivity index (χ2v) is 3.53. The van der Waals surface area contributed by atoms with Crippen molar-refractivity contribution in [2.24, 2.45) is 0 Å². The Bertz CT molecular complexity index is 104. The highest BCUT2D eigenvalue weighted by molar-refractivity contribution is 4.88. The Morgan fingerprint density at radius 2 is 1.30 bits per heavy atom. The lowest BCUT2D eigenvalue weighted by atomic mass is 9.86. The summed E-state index contributed by atoms with van der Waals surface area (Å²) in [5, 5.41) is 12.7. The third-order valence-corrected chi connectivity index (χ3v) is 2.87. The van der Waals surface area contributed by atoms with E-state index in [-0.39, 0.29) is 0 Å². The first-order valence-electron chi connectivity index (χ1n) is 4.33. The van der Waals surface area contributed by atoms with E-state index in [1.807, 2.05) is 0 Å². The molecule has 2 aliphatic heterocycles. The molecule has 58 valence electrons. The molecule has 2 heteroatoms. The van der Waals surface area contributed by atoms with Crippen molar-refractivity contribution in [3.05, 3.63) is 5.21 Å². The van der Waals surface area contributed by atoms with Crippen LogP contribution in [0.5, 0.6) is 0 Å². The van der Waals surface area contributed by atoms with Crippen molar-refractivity contribution >= 4 is 0 Å². The number of hydroxylamine groups is 2. The van der Waals surface area contributed by atoms with Crippen LogP contribution in [0.15, 0.2) is 0 Å². The standard InChI is InChI=1S/C8H14NO/c10-9-7-3-1-4-8(9)6-2-5-7/h7-8H,1-6H2/q-1. The SMILES string of the molecule is [O-]N1C2CCCC1CCC2. The molecule has 2 fully saturated rings. The molecule has 2 saturated heterocycles. The molecule has 10 heavy (non-hydrogen) atoms. The second-order valence-electron chi connectivity index (χ2n) is 3.53. The van der Waals surface area contributed by atoms with Crippen molar-refractivity contribution in [2.45, 2.75) is 50.6 Å². The fourth-order valence-electron chi connectivity index (χ4n) is 2.27. The minimum atomic E-state index is 0.396. The molecule has 0 amide bonds. The fraction of sp³-hybridized carbons (Fsp3) is 1.00. The van der Waals surface area contributed by atoms with Crippen molar-refractivity contribution in [1.29, 1.82) is 0 Å². The smallest absolute Gasteiger partial charge is 0.00241 e. The molecular weight excluding hydrogens is 126 g/mol. The van der Waals surface area contributed by atoms with E-state index in [1.54, 1.807) is 0 Å². The molecule has 0 saturated carbocycles. The van der Waals surface area contributed by atoms with Gasteiger partial charge in [-0.25, -0.2) is 0 Å². The van der Waals surface area contributed by atoms with Gasteiger partial charge in [0.1, 0.15) is 0 Å². The van der Waals surface area contributed by atoms with Crippen LogP contribution in [0.3, 0.4) is 0 Å². The topological polar surface area (TPSA) is 26.3 Å². The summed E-state index contributed by atoms with van der Waals surface area (Å²) in [6, 6.07) is 0.792. The molecule has 2 aliphatic rings. The zero-order valence-electron chi connectivity index (χ0n) is 6.25. The third-order valence-electron chi connectivity index (χ3n) is 2.87. The first-order chi connectivity index (χ1) is 4.88. The Labute approximate surface area is 61.8 Å². The van der Waals surface area contributed by atoms with Crippen LogP contribution in [-0.2, 0) is 0 Å². The Morgan fingerprint density at radius 3 is 1.60 bits per heavy atom. The summed E-state index contributed by atoms with van der Waals surface area (Å²) >= 11 is 0. The summed E-state index contributed by atoms with van der Waals surface area (Å²) in [7, 11) is 0. The molecule has 0 aromatic rings. The molecule has 0 aliphatic carbocycles. The van der Waals surface area contributed by atoms with Crippen molar-refractivity contribution in [2.75, 3.05) is 0 Å². The van der Waals surface area contributed by atoms with Crippen LogP contribution < -0.4 is 0 Å². The summed E-state index contributed by atoms with van der Waals surface area (Å²) in [5.41, 5.74) is 0. The fourth-order valence-corrected chi connectivity index (χ4v) is 2.27. The molecule has 2 heterocycles. The van der Waals surface area contributed by atoms with Gasteiger partial charge in [0.05, 0.1) is 0 Å². The van der Waals surface area contributed by atoms with Gasteiger partial charge < -0.3 is 10.3 Å². The van der Waals surface area contributed by atoms with Crippen LogP contribution in [0.1, 0.15) is 38.5 Å². The summed E-state index contributed by atoms with van der Waals surface area (Å²) < 4.78 is 0. The highest BCUT2D eigenvalue weighted by atomic mass is 16.5. The monoisotopic (exact) mass is 140 g/mol. The molecule has 0 aromatic heterocycles. The molecule has 2 bridgehead atoms. The maximum atomic E-state index is 11.3. The maximum Gasteiger partial charge on any atom is -0.00241 e. The molecule has 0 spiro atoms. The number of nitrogens with zero attached hydrogens (tertiary/aromatic N) is 1. The van der Waals surface area contributed by atoms with Crippen molar-refractivity contribution in [3.8, 4) is 0 Å². The number of fused-ring (bicyclic) bond motifs is 2. The molecule has 0 unspecified atom stereocenters. The maximum absolute atomic E-state index is 11.3. The van der Waals surface area contributed by atoms with E-state index in [1.165, 1.54) is 17.9 Å². The van der Waals surface area contributed by atoms with E-state index in [4.69, 9.17) is 0 Å². The summed E-state index contributed by atoms with van der Waals surface area (Å²) in [5.74, 6) is 0. The molecule has 0 N–H and O–H groups in total. The van der Waals surface area contributed by atoms with Gasteiger partial charge in [-0.1, -0.05) is 12.8 Å². The van der Waals surface area contributed by atoms with Crippen LogP contribution in [0.25, 0.3) is 0 Å². The van der Waals surface area contributed by atoms with Gasteiger partial charge in [-0.15, -0.1) is 0 Å². The van der Waals surface area contributed by atoms with Crippen LogP contribution in [-0.4, -0.2) is 17.1 Å². The first-order valence-corrected chi connectivity index (χ1v) is 4.33. The minimum absolute atomic E-state index is 0.396. The molecule has 0 aromatic carbocycles. The van der Waals surface area contributed by atoms with Crippen LogP contribution >= 0.6 is 0 Å². The lowest BCUT2D eigenvalue weighted by Gasteiger charge is -2.51. The zero-order chi connectivity index (χ0) is 6.97. The van der Waals surface area contributed by atoms with Gasteiger partial charge in [0.15, 0.2) is 0 Å². The average Bonchev–Trinajstić information content (AvgIpc) is 1.86. The van der Waals surface area contributed by atoms with E-state index in [2.05, 4.69) is 0 Å². The van der Waals surface area contributed by atoms with Gasteiger partial charge in [0, 0.05) is 0 Å². The van der Waals surface area contributed by atoms with E-state index in [0.29, 0.717) is 12.1 Å². The van der Waals surface area contributed by atoms with Gasteiger partial charge in [-0.05, 0) is 37.8 Å². The second kappa shape index (κ2) is 2.51. The van der Waals surface area contributed by atoms with Crippen molar-refractivity contribution < 1.29 is 0 Å². The third kappa shape index (κ3) is 0.956. The Hall–Kier alpha value is -0.0800. The molecule has 2 rings (SSSR count). The highest BCUT2D eigenvalue weighted by Gasteiger charge is 2.27. The zero-order valence-corrected chi connectivity index (χ0v) is 6.25. The quantitative estimate of drug-likeness (QED) is 0.513. The van der Waals surface area contributed by atoms with Gasteiger partial charge in [-0.2, -0.15) is 0 Å². The normalized spacial score (nSPS) is 41.7. The van der Waals surface area contributed by atoms with Gasteiger partial charge >= 0.3 is 0 Å². The Kier molecular flexibility index (Phi) is 1.66. The summed E-state index contributed by atoms with van der Waals surface area (Å²) in [4.78, 5) is 0. The Balaban J connectivity index is 2.05. The van der Waals surface area contributed by atoms with Gasteiger partial charge in [-0.3, -0.25) is 0 Å².